The maximum Gasteiger partial charge on any atom is 0.239 e. The van der Waals surface area contributed by atoms with Crippen molar-refractivity contribution in [3.8, 4) is 0 Å². The fourth-order valence-electron chi connectivity index (χ4n) is 1.37. The lowest BCUT2D eigenvalue weighted by atomic mass is 10.0. The maximum atomic E-state index is 12.9. The van der Waals surface area contributed by atoms with Crippen LogP contribution in [0.3, 0.4) is 0 Å². The first-order valence-electron chi connectivity index (χ1n) is 4.29. The molecule has 0 saturated carbocycles. The molecule has 0 aliphatic carbocycles. The first-order valence-corrected chi connectivity index (χ1v) is 4.29. The van der Waals surface area contributed by atoms with Gasteiger partial charge in [-0.1, -0.05) is 6.07 Å². The van der Waals surface area contributed by atoms with Gasteiger partial charge in [0.15, 0.2) is 0 Å². The number of carbonyl (C=O) groups is 1. The van der Waals surface area contributed by atoms with E-state index < -0.39 is 11.9 Å². The Balaban J connectivity index is 3.15. The maximum absolute atomic E-state index is 12.9. The van der Waals surface area contributed by atoms with Crippen molar-refractivity contribution < 1.29 is 9.18 Å². The highest BCUT2D eigenvalue weighted by molar-refractivity contribution is 5.81. The van der Waals surface area contributed by atoms with Crippen LogP contribution in [-0.4, -0.2) is 13.0 Å². The van der Waals surface area contributed by atoms with Gasteiger partial charge in [-0.05, 0) is 37.2 Å². The predicted molar refractivity (Wildman–Crippen MR) is 52.1 cm³/mol. The van der Waals surface area contributed by atoms with E-state index in [1.54, 1.807) is 13.1 Å². The molecule has 4 heteroatoms. The van der Waals surface area contributed by atoms with Gasteiger partial charge in [-0.3, -0.25) is 4.79 Å². The molecule has 0 fully saturated rings. The number of nitrogens with two attached hydrogens (primary N) is 1. The first-order chi connectivity index (χ1) is 6.56. The number of benzene rings is 1. The van der Waals surface area contributed by atoms with Gasteiger partial charge in [-0.25, -0.2) is 4.39 Å². The van der Waals surface area contributed by atoms with Crippen molar-refractivity contribution in [2.24, 2.45) is 5.73 Å². The summed E-state index contributed by atoms with van der Waals surface area (Å²) >= 11 is 0. The fraction of sp³-hybridized carbons (Fsp3) is 0.300. The van der Waals surface area contributed by atoms with Crippen LogP contribution in [0.2, 0.25) is 0 Å². The number of carbonyl (C=O) groups excluding carboxylic acids is 1. The van der Waals surface area contributed by atoms with Gasteiger partial charge in [-0.15, -0.1) is 0 Å². The summed E-state index contributed by atoms with van der Waals surface area (Å²) < 4.78 is 12.9. The van der Waals surface area contributed by atoms with Gasteiger partial charge in [0.1, 0.15) is 11.9 Å². The summed E-state index contributed by atoms with van der Waals surface area (Å²) in [5.74, 6) is -0.881. The Bertz CT molecular complexity index is 352. The molecule has 1 aromatic carbocycles. The van der Waals surface area contributed by atoms with Crippen LogP contribution < -0.4 is 11.1 Å². The van der Waals surface area contributed by atoms with E-state index >= 15 is 0 Å². The molecular weight excluding hydrogens is 183 g/mol. The van der Waals surface area contributed by atoms with E-state index in [-0.39, 0.29) is 5.82 Å². The average Bonchev–Trinajstić information content (AvgIpc) is 2.11. The minimum Gasteiger partial charge on any atom is -0.368 e. The predicted octanol–water partition coefficient (Wildman–Crippen LogP) is 0.880. The van der Waals surface area contributed by atoms with Crippen LogP contribution in [0.4, 0.5) is 4.39 Å². The summed E-state index contributed by atoms with van der Waals surface area (Å²) in [6, 6.07) is 3.66. The zero-order valence-electron chi connectivity index (χ0n) is 8.17. The number of aryl methyl sites for hydroxylation is 1. The highest BCUT2D eigenvalue weighted by atomic mass is 19.1. The van der Waals surface area contributed by atoms with Gasteiger partial charge in [0.05, 0.1) is 0 Å². The molecule has 3 nitrogen and oxygen atoms in total. The molecule has 1 atom stereocenters. The molecule has 14 heavy (non-hydrogen) atoms. The minimum atomic E-state index is -0.634. The molecule has 3 N–H and O–H groups in total. The quantitative estimate of drug-likeness (QED) is 0.754. The third-order valence-electron chi connectivity index (χ3n) is 2.13. The number of nitrogens with one attached hydrogen (secondary N) is 1. The van der Waals surface area contributed by atoms with Crippen LogP contribution >= 0.6 is 0 Å². The Morgan fingerprint density at radius 2 is 2.21 bits per heavy atom. The lowest BCUT2D eigenvalue weighted by Gasteiger charge is -2.15. The summed E-state index contributed by atoms with van der Waals surface area (Å²) in [6.45, 7) is 1.81. The largest absolute Gasteiger partial charge is 0.368 e. The summed E-state index contributed by atoms with van der Waals surface area (Å²) in [6.07, 6.45) is 0. The van der Waals surface area contributed by atoms with Crippen LogP contribution in [0.15, 0.2) is 18.2 Å². The molecule has 1 amide bonds. The highest BCUT2D eigenvalue weighted by Crippen LogP contribution is 2.18. The van der Waals surface area contributed by atoms with Gasteiger partial charge < -0.3 is 11.1 Å². The van der Waals surface area contributed by atoms with Gasteiger partial charge in [0, 0.05) is 0 Å². The smallest absolute Gasteiger partial charge is 0.239 e. The van der Waals surface area contributed by atoms with Crippen molar-refractivity contribution in [2.45, 2.75) is 13.0 Å². The second-order valence-corrected chi connectivity index (χ2v) is 3.12. The summed E-state index contributed by atoms with van der Waals surface area (Å²) in [5.41, 5.74) is 6.60. The van der Waals surface area contributed by atoms with Gasteiger partial charge >= 0.3 is 0 Å². The van der Waals surface area contributed by atoms with E-state index in [1.807, 2.05) is 6.92 Å². The molecular formula is C10H13FN2O. The Labute approximate surface area is 82.1 Å². The van der Waals surface area contributed by atoms with Crippen molar-refractivity contribution >= 4 is 5.91 Å². The average molecular weight is 196 g/mol. The molecule has 0 aromatic heterocycles. The standard InChI is InChI=1S/C10H13FN2O/c1-6-3-4-7(11)5-8(6)9(13-2)10(12)14/h3-5,9,13H,1-2H3,(H2,12,14). The molecule has 0 saturated heterocycles. The summed E-state index contributed by atoms with van der Waals surface area (Å²) in [5, 5.41) is 2.74. The summed E-state index contributed by atoms with van der Waals surface area (Å²) in [7, 11) is 1.61. The molecule has 1 rings (SSSR count). The molecule has 0 spiro atoms. The number of amides is 1. The topological polar surface area (TPSA) is 55.1 Å². The second-order valence-electron chi connectivity index (χ2n) is 3.12. The molecule has 1 aromatic rings. The van der Waals surface area contributed by atoms with Crippen molar-refractivity contribution in [3.63, 3.8) is 0 Å². The van der Waals surface area contributed by atoms with Crippen molar-refractivity contribution in [3.05, 3.63) is 35.1 Å². The van der Waals surface area contributed by atoms with E-state index in [0.29, 0.717) is 5.56 Å². The number of primary amides is 1. The second kappa shape index (κ2) is 4.19. The van der Waals surface area contributed by atoms with E-state index in [2.05, 4.69) is 5.32 Å². The molecule has 0 aliphatic rings. The first kappa shape index (κ1) is 10.7. The van der Waals surface area contributed by atoms with Gasteiger partial charge in [-0.2, -0.15) is 0 Å². The van der Waals surface area contributed by atoms with Crippen LogP contribution in [0.5, 0.6) is 0 Å². The van der Waals surface area contributed by atoms with E-state index in [1.165, 1.54) is 12.1 Å². The third-order valence-corrected chi connectivity index (χ3v) is 2.13. The van der Waals surface area contributed by atoms with E-state index in [4.69, 9.17) is 5.73 Å². The Kier molecular flexibility index (Phi) is 3.19. The molecule has 1 unspecified atom stereocenters. The molecule has 0 radical (unpaired) electrons. The SMILES string of the molecule is CNC(C(N)=O)c1cc(F)ccc1C. The van der Waals surface area contributed by atoms with Crippen molar-refractivity contribution in [2.75, 3.05) is 7.05 Å². The van der Waals surface area contributed by atoms with E-state index in [9.17, 15) is 9.18 Å². The van der Waals surface area contributed by atoms with Crippen molar-refractivity contribution in [1.82, 2.24) is 5.32 Å². The monoisotopic (exact) mass is 196 g/mol. The number of likely N-dealkylation sites (N-methyl/N-ethyl adjacent to an activating group) is 1. The molecule has 0 bridgehead atoms. The van der Waals surface area contributed by atoms with Crippen LogP contribution in [0.1, 0.15) is 17.2 Å². The number of rotatable bonds is 3. The molecule has 0 heterocycles. The highest BCUT2D eigenvalue weighted by Gasteiger charge is 2.17. The Hall–Kier alpha value is -1.42. The molecule has 76 valence electrons. The van der Waals surface area contributed by atoms with Crippen molar-refractivity contribution in [1.29, 1.82) is 0 Å². The van der Waals surface area contributed by atoms with Gasteiger partial charge in [0.25, 0.3) is 0 Å². The minimum absolute atomic E-state index is 0.368. The van der Waals surface area contributed by atoms with E-state index in [0.717, 1.165) is 5.56 Å². The summed E-state index contributed by atoms with van der Waals surface area (Å²) in [4.78, 5) is 11.0. The molecule has 0 aliphatic heterocycles. The fourth-order valence-corrected chi connectivity index (χ4v) is 1.37. The number of halogens is 1. The van der Waals surface area contributed by atoms with Crippen LogP contribution in [0, 0.1) is 12.7 Å². The van der Waals surface area contributed by atoms with Crippen LogP contribution in [0.25, 0.3) is 0 Å². The Morgan fingerprint density at radius 3 is 2.71 bits per heavy atom. The zero-order valence-corrected chi connectivity index (χ0v) is 8.17. The lowest BCUT2D eigenvalue weighted by molar-refractivity contribution is -0.120. The van der Waals surface area contributed by atoms with Gasteiger partial charge in [0.2, 0.25) is 5.91 Å². The third kappa shape index (κ3) is 2.09. The van der Waals surface area contributed by atoms with Crippen LogP contribution in [-0.2, 0) is 4.79 Å². The lowest BCUT2D eigenvalue weighted by Crippen LogP contribution is -2.31. The number of hydrogen-bond acceptors (Lipinski definition) is 2. The zero-order chi connectivity index (χ0) is 10.7. The normalized spacial score (nSPS) is 12.5. The number of hydrogen-bond donors (Lipinski definition) is 2. The Morgan fingerprint density at radius 1 is 1.57 bits per heavy atom.